The molecule has 0 saturated carbocycles. The molecule has 1 aliphatic heterocycles. The van der Waals surface area contributed by atoms with E-state index in [-0.39, 0.29) is 18.3 Å². The first-order valence-electron chi connectivity index (χ1n) is 7.84. The van der Waals surface area contributed by atoms with Gasteiger partial charge in [0.2, 0.25) is 5.91 Å². The van der Waals surface area contributed by atoms with Crippen LogP contribution in [0.1, 0.15) is 29.8 Å². The first-order chi connectivity index (χ1) is 11.2. The number of rotatable bonds is 4. The summed E-state index contributed by atoms with van der Waals surface area (Å²) in [6.45, 7) is 1.87. The topological polar surface area (TPSA) is 58.4 Å². The number of hydrogen-bond donors (Lipinski definition) is 1. The van der Waals surface area contributed by atoms with Gasteiger partial charge in [-0.1, -0.05) is 12.1 Å². The van der Waals surface area contributed by atoms with Crippen LogP contribution in [0.4, 0.5) is 4.39 Å². The average Bonchev–Trinajstić information content (AvgIpc) is 2.83. The first-order valence-corrected chi connectivity index (χ1v) is 7.84. The van der Waals surface area contributed by atoms with Gasteiger partial charge in [-0.05, 0) is 36.6 Å². The Morgan fingerprint density at radius 3 is 2.96 bits per heavy atom. The number of halogens is 1. The summed E-state index contributed by atoms with van der Waals surface area (Å²) in [5.74, 6) is -0.209. The third-order valence-electron chi connectivity index (χ3n) is 4.10. The molecule has 0 bridgehead atoms. The smallest absolute Gasteiger partial charge is 0.223 e. The Balaban J connectivity index is 1.63. The lowest BCUT2D eigenvalue weighted by Gasteiger charge is -2.20. The number of nitrogens with zero attached hydrogens (tertiary/aromatic N) is 3. The van der Waals surface area contributed by atoms with E-state index in [1.165, 1.54) is 12.1 Å². The molecule has 0 spiro atoms. The summed E-state index contributed by atoms with van der Waals surface area (Å²) in [4.78, 5) is 14.3. The van der Waals surface area contributed by atoms with Gasteiger partial charge in [-0.2, -0.15) is 5.10 Å². The molecule has 1 aromatic carbocycles. The van der Waals surface area contributed by atoms with Crippen LogP contribution in [0.25, 0.3) is 0 Å². The fourth-order valence-electron chi connectivity index (χ4n) is 2.91. The Hall–Kier alpha value is -2.21. The zero-order valence-electron chi connectivity index (χ0n) is 12.9. The normalized spacial score (nSPS) is 14.4. The molecule has 0 atom stereocenters. The highest BCUT2D eigenvalue weighted by Crippen LogP contribution is 2.16. The maximum atomic E-state index is 13.2. The predicted molar refractivity (Wildman–Crippen MR) is 82.9 cm³/mol. The second kappa shape index (κ2) is 6.91. The highest BCUT2D eigenvalue weighted by atomic mass is 19.1. The van der Waals surface area contributed by atoms with E-state index in [4.69, 9.17) is 0 Å². The maximum absolute atomic E-state index is 13.2. The quantitative estimate of drug-likeness (QED) is 0.937. The molecule has 0 saturated heterocycles. The van der Waals surface area contributed by atoms with E-state index >= 15 is 0 Å². The van der Waals surface area contributed by atoms with Crippen LogP contribution in [0.5, 0.6) is 0 Å². The second-order valence-corrected chi connectivity index (χ2v) is 5.81. The molecule has 2 heterocycles. The fraction of sp³-hybridized carbons (Fsp3) is 0.412. The van der Waals surface area contributed by atoms with Crippen molar-refractivity contribution in [2.45, 2.75) is 39.0 Å². The number of aliphatic hydroxyl groups excluding tert-OH is 1. The Kier molecular flexibility index (Phi) is 4.71. The minimum atomic E-state index is -0.273. The van der Waals surface area contributed by atoms with E-state index in [0.717, 1.165) is 24.2 Å². The molecule has 2 aromatic rings. The molecule has 0 unspecified atom stereocenters. The monoisotopic (exact) mass is 317 g/mol. The van der Waals surface area contributed by atoms with Gasteiger partial charge in [0.25, 0.3) is 0 Å². The van der Waals surface area contributed by atoms with E-state index in [1.54, 1.807) is 6.07 Å². The molecule has 1 amide bonds. The second-order valence-electron chi connectivity index (χ2n) is 5.81. The van der Waals surface area contributed by atoms with Crippen molar-refractivity contribution in [2.75, 3.05) is 6.54 Å². The van der Waals surface area contributed by atoms with E-state index in [2.05, 4.69) is 5.10 Å². The lowest BCUT2D eigenvalue weighted by molar-refractivity contribution is -0.131. The zero-order chi connectivity index (χ0) is 16.2. The van der Waals surface area contributed by atoms with Crippen molar-refractivity contribution in [2.24, 2.45) is 0 Å². The van der Waals surface area contributed by atoms with Crippen LogP contribution in [-0.2, 0) is 30.9 Å². The van der Waals surface area contributed by atoms with Gasteiger partial charge in [0.05, 0.1) is 24.5 Å². The van der Waals surface area contributed by atoms with Crippen molar-refractivity contribution in [1.82, 2.24) is 14.7 Å². The summed E-state index contributed by atoms with van der Waals surface area (Å²) in [7, 11) is 0. The number of benzene rings is 1. The molecule has 1 N–H and O–H groups in total. The molecule has 5 nitrogen and oxygen atoms in total. The molecule has 0 fully saturated rings. The standard InChI is InChI=1S/C17H20FN3O2/c18-14-4-1-3-13(9-14)5-6-17(23)20-7-2-8-21-16(11-20)10-15(12-22)19-21/h1,3-4,9-10,22H,2,5-8,11-12H2. The highest BCUT2D eigenvalue weighted by Gasteiger charge is 2.20. The summed E-state index contributed by atoms with van der Waals surface area (Å²) in [6, 6.07) is 8.22. The molecule has 0 radical (unpaired) electrons. The van der Waals surface area contributed by atoms with E-state index in [1.807, 2.05) is 21.7 Å². The Bertz CT molecular complexity index is 699. The van der Waals surface area contributed by atoms with E-state index < -0.39 is 0 Å². The summed E-state index contributed by atoms with van der Waals surface area (Å²) >= 11 is 0. The number of aryl methyl sites for hydroxylation is 2. The first kappa shape index (κ1) is 15.7. The minimum Gasteiger partial charge on any atom is -0.390 e. The van der Waals surface area contributed by atoms with Gasteiger partial charge in [-0.15, -0.1) is 0 Å². The minimum absolute atomic E-state index is 0.0643. The van der Waals surface area contributed by atoms with Gasteiger partial charge >= 0.3 is 0 Å². The van der Waals surface area contributed by atoms with Crippen LogP contribution in [0.2, 0.25) is 0 Å². The van der Waals surface area contributed by atoms with E-state index in [9.17, 15) is 14.3 Å². The molecule has 6 heteroatoms. The summed E-state index contributed by atoms with van der Waals surface area (Å²) < 4.78 is 15.0. The van der Waals surface area contributed by atoms with Crippen LogP contribution >= 0.6 is 0 Å². The third kappa shape index (κ3) is 3.76. The fourth-order valence-corrected chi connectivity index (χ4v) is 2.91. The maximum Gasteiger partial charge on any atom is 0.223 e. The molecule has 23 heavy (non-hydrogen) atoms. The van der Waals surface area contributed by atoms with Crippen molar-refractivity contribution in [3.8, 4) is 0 Å². The molecular weight excluding hydrogens is 297 g/mol. The molecule has 122 valence electrons. The number of amides is 1. The molecule has 0 aliphatic carbocycles. The molecular formula is C17H20FN3O2. The van der Waals surface area contributed by atoms with Crippen LogP contribution in [0.3, 0.4) is 0 Å². The van der Waals surface area contributed by atoms with Gasteiger partial charge in [0.15, 0.2) is 0 Å². The van der Waals surface area contributed by atoms with Gasteiger partial charge in [-0.3, -0.25) is 9.48 Å². The summed E-state index contributed by atoms with van der Waals surface area (Å²) in [5.41, 5.74) is 2.42. The third-order valence-corrected chi connectivity index (χ3v) is 4.10. The number of carbonyl (C=O) groups excluding carboxylic acids is 1. The Morgan fingerprint density at radius 2 is 2.17 bits per heavy atom. The largest absolute Gasteiger partial charge is 0.390 e. The highest BCUT2D eigenvalue weighted by molar-refractivity contribution is 5.76. The number of hydrogen-bond acceptors (Lipinski definition) is 3. The van der Waals surface area contributed by atoms with Crippen LogP contribution in [0.15, 0.2) is 30.3 Å². The van der Waals surface area contributed by atoms with Crippen molar-refractivity contribution >= 4 is 5.91 Å². The predicted octanol–water partition coefficient (Wildman–Crippen LogP) is 1.88. The van der Waals surface area contributed by atoms with Crippen LogP contribution in [-0.4, -0.2) is 32.2 Å². The van der Waals surface area contributed by atoms with Crippen molar-refractivity contribution in [1.29, 1.82) is 0 Å². The van der Waals surface area contributed by atoms with Gasteiger partial charge in [0.1, 0.15) is 5.82 Å². The number of aliphatic hydroxyl groups is 1. The lowest BCUT2D eigenvalue weighted by Crippen LogP contribution is -2.30. The lowest BCUT2D eigenvalue weighted by atomic mass is 10.1. The number of aromatic nitrogens is 2. The zero-order valence-corrected chi connectivity index (χ0v) is 12.9. The summed E-state index contributed by atoms with van der Waals surface area (Å²) in [6.07, 6.45) is 1.74. The number of fused-ring (bicyclic) bond motifs is 1. The van der Waals surface area contributed by atoms with E-state index in [0.29, 0.717) is 31.6 Å². The molecule has 1 aliphatic rings. The molecule has 1 aromatic heterocycles. The van der Waals surface area contributed by atoms with Crippen LogP contribution in [0, 0.1) is 5.82 Å². The van der Waals surface area contributed by atoms with Gasteiger partial charge in [-0.25, -0.2) is 4.39 Å². The van der Waals surface area contributed by atoms with Crippen molar-refractivity contribution in [3.05, 3.63) is 53.1 Å². The average molecular weight is 317 g/mol. The van der Waals surface area contributed by atoms with Gasteiger partial charge < -0.3 is 10.0 Å². The van der Waals surface area contributed by atoms with Crippen molar-refractivity contribution in [3.63, 3.8) is 0 Å². The summed E-state index contributed by atoms with van der Waals surface area (Å²) in [5, 5.41) is 13.5. The Labute approximate surface area is 134 Å². The SMILES string of the molecule is O=C(CCc1cccc(F)c1)N1CCCn2nc(CO)cc2C1. The molecule has 3 rings (SSSR count). The van der Waals surface area contributed by atoms with Gasteiger partial charge in [0, 0.05) is 19.5 Å². The van der Waals surface area contributed by atoms with Crippen molar-refractivity contribution < 1.29 is 14.3 Å². The van der Waals surface area contributed by atoms with Crippen LogP contribution < -0.4 is 0 Å². The number of carbonyl (C=O) groups is 1. The Morgan fingerprint density at radius 1 is 1.30 bits per heavy atom.